The van der Waals surface area contributed by atoms with E-state index in [1.165, 1.54) is 0 Å². The molecule has 0 spiro atoms. The molecule has 0 heterocycles. The Bertz CT molecular complexity index is 698. The molecule has 4 unspecified atom stereocenters. The molecule has 0 saturated carbocycles. The summed E-state index contributed by atoms with van der Waals surface area (Å²) in [5.74, 6) is 0.411. The van der Waals surface area contributed by atoms with Crippen molar-refractivity contribution in [1.82, 2.24) is 0 Å². The standard InChI is InChI=1S/C26H45NO7/c1-18(2)21(17-22(27)23(28)14-19(3)26(29)30)15-20-8-9-24(33-12-6-10-31-4)25(16-20)34-13-7-11-32-5/h8-9,16,18-19,21-23,28H,6-7,10-15,17,27H2,1-5H3,(H,29,30). The van der Waals surface area contributed by atoms with Crippen LogP contribution in [0.25, 0.3) is 0 Å². The number of nitrogens with two attached hydrogens (primary N) is 1. The van der Waals surface area contributed by atoms with Crippen molar-refractivity contribution < 1.29 is 34.0 Å². The fraction of sp³-hybridized carbons (Fsp3) is 0.731. The first-order chi connectivity index (χ1) is 16.2. The average Bonchev–Trinajstić information content (AvgIpc) is 2.79. The van der Waals surface area contributed by atoms with Gasteiger partial charge in [-0.2, -0.15) is 0 Å². The molecule has 1 aromatic rings. The summed E-state index contributed by atoms with van der Waals surface area (Å²) in [6, 6.07) is 5.51. The topological polar surface area (TPSA) is 120 Å². The van der Waals surface area contributed by atoms with E-state index in [0.29, 0.717) is 50.3 Å². The van der Waals surface area contributed by atoms with Crippen LogP contribution in [0.2, 0.25) is 0 Å². The average molecular weight is 484 g/mol. The van der Waals surface area contributed by atoms with E-state index in [2.05, 4.69) is 13.8 Å². The number of aliphatic carboxylic acids is 1. The Kier molecular flexibility index (Phi) is 14.8. The van der Waals surface area contributed by atoms with Crippen LogP contribution in [0.15, 0.2) is 18.2 Å². The lowest BCUT2D eigenvalue weighted by Crippen LogP contribution is -2.39. The lowest BCUT2D eigenvalue weighted by atomic mass is 9.82. The summed E-state index contributed by atoms with van der Waals surface area (Å²) in [5, 5.41) is 19.5. The summed E-state index contributed by atoms with van der Waals surface area (Å²) in [7, 11) is 3.34. The minimum atomic E-state index is -0.922. The highest BCUT2D eigenvalue weighted by molar-refractivity contribution is 5.69. The van der Waals surface area contributed by atoms with Gasteiger partial charge in [0.25, 0.3) is 0 Å². The number of ether oxygens (including phenoxy) is 4. The number of methoxy groups -OCH3 is 2. The quantitative estimate of drug-likeness (QED) is 0.256. The van der Waals surface area contributed by atoms with Crippen LogP contribution in [0.5, 0.6) is 11.5 Å². The van der Waals surface area contributed by atoms with Crippen molar-refractivity contribution >= 4 is 5.97 Å². The Labute approximate surface area is 204 Å². The summed E-state index contributed by atoms with van der Waals surface area (Å²) in [4.78, 5) is 11.1. The van der Waals surface area contributed by atoms with Crippen LogP contribution in [0.1, 0.15) is 52.0 Å². The van der Waals surface area contributed by atoms with E-state index in [1.807, 2.05) is 18.2 Å². The summed E-state index contributed by atoms with van der Waals surface area (Å²) in [6.07, 6.45) is 2.23. The number of hydrogen-bond donors (Lipinski definition) is 3. The van der Waals surface area contributed by atoms with Crippen LogP contribution in [-0.2, 0) is 20.7 Å². The van der Waals surface area contributed by atoms with Crippen LogP contribution in [0.3, 0.4) is 0 Å². The molecule has 0 radical (unpaired) electrons. The normalized spacial score (nSPS) is 15.1. The molecular formula is C26H45NO7. The van der Waals surface area contributed by atoms with Gasteiger partial charge < -0.3 is 34.9 Å². The van der Waals surface area contributed by atoms with Crippen molar-refractivity contribution in [3.63, 3.8) is 0 Å². The van der Waals surface area contributed by atoms with E-state index in [4.69, 9.17) is 29.8 Å². The Hall–Kier alpha value is -1.87. The van der Waals surface area contributed by atoms with Gasteiger partial charge in [-0.25, -0.2) is 0 Å². The maximum atomic E-state index is 11.1. The molecule has 34 heavy (non-hydrogen) atoms. The Morgan fingerprint density at radius 3 is 2.06 bits per heavy atom. The fourth-order valence-electron chi connectivity index (χ4n) is 3.72. The second-order valence-electron chi connectivity index (χ2n) is 9.32. The number of aliphatic hydroxyl groups excluding tert-OH is 1. The minimum absolute atomic E-state index is 0.149. The number of rotatable bonds is 19. The van der Waals surface area contributed by atoms with Gasteiger partial charge in [-0.3, -0.25) is 4.79 Å². The van der Waals surface area contributed by atoms with E-state index >= 15 is 0 Å². The number of carboxylic acid groups (broad SMARTS) is 1. The first kappa shape index (κ1) is 30.2. The highest BCUT2D eigenvalue weighted by atomic mass is 16.5. The summed E-state index contributed by atoms with van der Waals surface area (Å²) in [5.41, 5.74) is 7.38. The molecule has 4 atom stereocenters. The predicted molar refractivity (Wildman–Crippen MR) is 132 cm³/mol. The Morgan fingerprint density at radius 1 is 0.941 bits per heavy atom. The van der Waals surface area contributed by atoms with Crippen LogP contribution in [0, 0.1) is 17.8 Å². The highest BCUT2D eigenvalue weighted by Gasteiger charge is 2.26. The molecule has 1 aromatic carbocycles. The molecule has 0 aliphatic rings. The monoisotopic (exact) mass is 483 g/mol. The lowest BCUT2D eigenvalue weighted by Gasteiger charge is -2.28. The van der Waals surface area contributed by atoms with E-state index in [1.54, 1.807) is 21.1 Å². The van der Waals surface area contributed by atoms with Crippen molar-refractivity contribution in [2.45, 2.75) is 65.0 Å². The zero-order valence-corrected chi connectivity index (χ0v) is 21.5. The number of carbonyl (C=O) groups is 1. The van der Waals surface area contributed by atoms with Gasteiger partial charge in [-0.1, -0.05) is 26.8 Å². The number of carboxylic acids is 1. The van der Waals surface area contributed by atoms with Crippen molar-refractivity contribution in [1.29, 1.82) is 0 Å². The SMILES string of the molecule is COCCCOc1ccc(CC(CC(N)C(O)CC(C)C(=O)O)C(C)C)cc1OCCCOC. The van der Waals surface area contributed by atoms with E-state index in [-0.39, 0.29) is 12.3 Å². The fourth-order valence-corrected chi connectivity index (χ4v) is 3.72. The molecule has 0 bridgehead atoms. The molecule has 1 rings (SSSR count). The Morgan fingerprint density at radius 2 is 1.53 bits per heavy atom. The maximum absolute atomic E-state index is 11.1. The zero-order valence-electron chi connectivity index (χ0n) is 21.5. The van der Waals surface area contributed by atoms with Gasteiger partial charge in [0.05, 0.1) is 25.2 Å². The zero-order chi connectivity index (χ0) is 25.5. The van der Waals surface area contributed by atoms with E-state index in [0.717, 1.165) is 24.8 Å². The van der Waals surface area contributed by atoms with Crippen molar-refractivity contribution in [3.8, 4) is 11.5 Å². The Balaban J connectivity index is 2.88. The summed E-state index contributed by atoms with van der Waals surface area (Å²) < 4.78 is 22.1. The second kappa shape index (κ2) is 16.7. The molecule has 0 aliphatic carbocycles. The van der Waals surface area contributed by atoms with Crippen molar-refractivity contribution in [3.05, 3.63) is 23.8 Å². The van der Waals surface area contributed by atoms with Crippen LogP contribution < -0.4 is 15.2 Å². The molecule has 0 aliphatic heterocycles. The van der Waals surface area contributed by atoms with Crippen LogP contribution >= 0.6 is 0 Å². The number of aliphatic hydroxyl groups is 1. The minimum Gasteiger partial charge on any atom is -0.490 e. The van der Waals surface area contributed by atoms with Gasteiger partial charge in [0.1, 0.15) is 0 Å². The smallest absolute Gasteiger partial charge is 0.306 e. The molecule has 4 N–H and O–H groups in total. The molecule has 8 nitrogen and oxygen atoms in total. The lowest BCUT2D eigenvalue weighted by molar-refractivity contribution is -0.142. The second-order valence-corrected chi connectivity index (χ2v) is 9.32. The molecule has 8 heteroatoms. The van der Waals surface area contributed by atoms with Gasteiger partial charge in [0.2, 0.25) is 0 Å². The third-order valence-electron chi connectivity index (χ3n) is 6.04. The van der Waals surface area contributed by atoms with Gasteiger partial charge in [-0.05, 0) is 48.8 Å². The van der Waals surface area contributed by atoms with Crippen LogP contribution in [-0.4, -0.2) is 69.0 Å². The van der Waals surface area contributed by atoms with E-state index in [9.17, 15) is 9.90 Å². The maximum Gasteiger partial charge on any atom is 0.306 e. The molecule has 0 aromatic heterocycles. The predicted octanol–water partition coefficient (Wildman–Crippen LogP) is 3.52. The molecule has 196 valence electrons. The summed E-state index contributed by atoms with van der Waals surface area (Å²) in [6.45, 7) is 8.19. The van der Waals surface area contributed by atoms with Gasteiger partial charge in [0.15, 0.2) is 11.5 Å². The van der Waals surface area contributed by atoms with Gasteiger partial charge >= 0.3 is 5.97 Å². The number of hydrogen-bond acceptors (Lipinski definition) is 7. The molecule has 0 amide bonds. The van der Waals surface area contributed by atoms with Crippen LogP contribution in [0.4, 0.5) is 0 Å². The first-order valence-corrected chi connectivity index (χ1v) is 12.2. The molecular weight excluding hydrogens is 438 g/mol. The summed E-state index contributed by atoms with van der Waals surface area (Å²) >= 11 is 0. The van der Waals surface area contributed by atoms with Gasteiger partial charge in [0, 0.05) is 46.3 Å². The third-order valence-corrected chi connectivity index (χ3v) is 6.04. The molecule has 0 saturated heterocycles. The third kappa shape index (κ3) is 11.5. The number of benzene rings is 1. The first-order valence-electron chi connectivity index (χ1n) is 12.2. The van der Waals surface area contributed by atoms with Crippen molar-refractivity contribution in [2.75, 3.05) is 40.6 Å². The van der Waals surface area contributed by atoms with Crippen molar-refractivity contribution in [2.24, 2.45) is 23.5 Å². The largest absolute Gasteiger partial charge is 0.490 e. The van der Waals surface area contributed by atoms with E-state index < -0.39 is 24.0 Å². The van der Waals surface area contributed by atoms with Gasteiger partial charge in [-0.15, -0.1) is 0 Å². The highest BCUT2D eigenvalue weighted by Crippen LogP contribution is 2.32. The molecule has 0 fully saturated rings.